The number of carboxylic acids is 1. The number of benzene rings is 1. The van der Waals surface area contributed by atoms with E-state index >= 15 is 0 Å². The van der Waals surface area contributed by atoms with Gasteiger partial charge in [-0.2, -0.15) is 0 Å². The number of aliphatic carboxylic acids is 1. The summed E-state index contributed by atoms with van der Waals surface area (Å²) in [5.41, 5.74) is 1.03. The molecule has 19 heavy (non-hydrogen) atoms. The fourth-order valence-electron chi connectivity index (χ4n) is 2.49. The van der Waals surface area contributed by atoms with Gasteiger partial charge in [-0.3, -0.25) is 9.69 Å². The average Bonchev–Trinajstić information content (AvgIpc) is 2.36. The number of aryl methyl sites for hydroxylation is 1. The number of halogens is 1. The predicted molar refractivity (Wildman–Crippen MR) is 68.3 cm³/mol. The molecule has 1 aliphatic rings. The highest BCUT2D eigenvalue weighted by Crippen LogP contribution is 2.26. The Hall–Kier alpha value is -1.46. The van der Waals surface area contributed by atoms with Gasteiger partial charge in [0, 0.05) is 13.1 Å². The molecule has 1 unspecified atom stereocenters. The van der Waals surface area contributed by atoms with Crippen molar-refractivity contribution in [3.63, 3.8) is 0 Å². The van der Waals surface area contributed by atoms with E-state index in [-0.39, 0.29) is 11.9 Å². The van der Waals surface area contributed by atoms with Crippen molar-refractivity contribution in [2.45, 2.75) is 31.9 Å². The zero-order valence-electron chi connectivity index (χ0n) is 10.8. The van der Waals surface area contributed by atoms with E-state index in [1.165, 1.54) is 12.1 Å². The van der Waals surface area contributed by atoms with Crippen molar-refractivity contribution in [3.8, 4) is 0 Å². The second kappa shape index (κ2) is 5.67. The third-order valence-electron chi connectivity index (χ3n) is 3.60. The normalized spacial score (nSPS) is 19.3. The first-order valence-electron chi connectivity index (χ1n) is 6.40. The largest absolute Gasteiger partial charge is 0.480 e. The number of nitrogens with zero attached hydrogens (tertiary/aromatic N) is 1. The lowest BCUT2D eigenvalue weighted by Gasteiger charge is -2.34. The first-order valence-corrected chi connectivity index (χ1v) is 6.40. The molecule has 1 atom stereocenters. The van der Waals surface area contributed by atoms with Crippen LogP contribution in [0.5, 0.6) is 0 Å². The van der Waals surface area contributed by atoms with E-state index in [9.17, 15) is 19.4 Å². The lowest BCUT2D eigenvalue weighted by atomic mass is 9.99. The van der Waals surface area contributed by atoms with E-state index in [0.29, 0.717) is 37.1 Å². The van der Waals surface area contributed by atoms with Gasteiger partial charge in [-0.05, 0) is 37.0 Å². The number of aliphatic hydroxyl groups excluding tert-OH is 1. The maximum absolute atomic E-state index is 13.3. The molecule has 2 N–H and O–H groups in total. The van der Waals surface area contributed by atoms with Gasteiger partial charge in [0.25, 0.3) is 0 Å². The van der Waals surface area contributed by atoms with Crippen LogP contribution in [0.3, 0.4) is 0 Å². The molecule has 1 heterocycles. The van der Waals surface area contributed by atoms with Crippen molar-refractivity contribution in [1.29, 1.82) is 0 Å². The average molecular weight is 267 g/mol. The molecular weight excluding hydrogens is 249 g/mol. The van der Waals surface area contributed by atoms with E-state index in [1.54, 1.807) is 13.0 Å². The third-order valence-corrected chi connectivity index (χ3v) is 3.60. The molecule has 1 saturated heterocycles. The van der Waals surface area contributed by atoms with Crippen molar-refractivity contribution in [1.82, 2.24) is 4.90 Å². The topological polar surface area (TPSA) is 60.8 Å². The molecule has 1 aliphatic heterocycles. The summed E-state index contributed by atoms with van der Waals surface area (Å²) in [6.07, 6.45) is 0.800. The molecule has 104 valence electrons. The molecule has 0 saturated carbocycles. The molecule has 0 aliphatic carbocycles. The molecule has 2 rings (SSSR count). The maximum Gasteiger partial charge on any atom is 0.325 e. The highest BCUT2D eigenvalue weighted by Gasteiger charge is 2.30. The van der Waals surface area contributed by atoms with E-state index in [0.717, 1.165) is 0 Å². The number of piperidine rings is 1. The summed E-state index contributed by atoms with van der Waals surface area (Å²) in [4.78, 5) is 13.3. The number of likely N-dealkylation sites (tertiary alicyclic amines) is 1. The quantitative estimate of drug-likeness (QED) is 0.875. The molecule has 5 heteroatoms. The number of hydrogen-bond donors (Lipinski definition) is 2. The number of carboxylic acid groups (broad SMARTS) is 1. The minimum atomic E-state index is -0.942. The lowest BCUT2D eigenvalue weighted by molar-refractivity contribution is -0.144. The standard InChI is InChI=1S/C14H18FNO3/c1-9-8-10(2-3-12(9)15)13(14(18)19)16-6-4-11(17)5-7-16/h2-3,8,11,13,17H,4-7H2,1H3,(H,18,19). The summed E-state index contributed by atoms with van der Waals surface area (Å²) in [5, 5.41) is 18.9. The second-order valence-corrected chi connectivity index (χ2v) is 5.02. The smallest absolute Gasteiger partial charge is 0.325 e. The Morgan fingerprint density at radius 1 is 1.42 bits per heavy atom. The van der Waals surface area contributed by atoms with Gasteiger partial charge in [0.2, 0.25) is 0 Å². The molecule has 0 spiro atoms. The molecule has 0 radical (unpaired) electrons. The van der Waals surface area contributed by atoms with Crippen LogP contribution in [0.2, 0.25) is 0 Å². The maximum atomic E-state index is 13.3. The van der Waals surface area contributed by atoms with Crippen molar-refractivity contribution in [3.05, 3.63) is 35.1 Å². The van der Waals surface area contributed by atoms with Crippen LogP contribution in [-0.4, -0.2) is 40.3 Å². The van der Waals surface area contributed by atoms with E-state index < -0.39 is 12.0 Å². The van der Waals surface area contributed by atoms with Gasteiger partial charge in [0.15, 0.2) is 0 Å². The fourth-order valence-corrected chi connectivity index (χ4v) is 2.49. The Kier molecular flexibility index (Phi) is 4.17. The summed E-state index contributed by atoms with van der Waals surface area (Å²) in [7, 11) is 0. The van der Waals surface area contributed by atoms with Gasteiger partial charge in [-0.1, -0.05) is 12.1 Å². The molecular formula is C14H18FNO3. The Balaban J connectivity index is 2.24. The van der Waals surface area contributed by atoms with E-state index in [1.807, 2.05) is 4.90 Å². The van der Waals surface area contributed by atoms with Gasteiger partial charge >= 0.3 is 5.97 Å². The molecule has 4 nitrogen and oxygen atoms in total. The lowest BCUT2D eigenvalue weighted by Crippen LogP contribution is -2.41. The summed E-state index contributed by atoms with van der Waals surface area (Å²) < 4.78 is 13.3. The first kappa shape index (κ1) is 14.0. The number of hydrogen-bond acceptors (Lipinski definition) is 3. The molecule has 0 aromatic heterocycles. The van der Waals surface area contributed by atoms with Gasteiger partial charge in [-0.25, -0.2) is 4.39 Å². The zero-order valence-corrected chi connectivity index (χ0v) is 10.8. The Morgan fingerprint density at radius 2 is 2.05 bits per heavy atom. The van der Waals surface area contributed by atoms with Crippen LogP contribution in [0.15, 0.2) is 18.2 Å². The van der Waals surface area contributed by atoms with Crippen molar-refractivity contribution >= 4 is 5.97 Å². The summed E-state index contributed by atoms with van der Waals surface area (Å²) >= 11 is 0. The van der Waals surface area contributed by atoms with Crippen molar-refractivity contribution < 1.29 is 19.4 Å². The van der Waals surface area contributed by atoms with Crippen LogP contribution in [0, 0.1) is 12.7 Å². The van der Waals surface area contributed by atoms with Crippen LogP contribution < -0.4 is 0 Å². The van der Waals surface area contributed by atoms with Crippen LogP contribution in [0.1, 0.15) is 30.0 Å². The molecule has 1 fully saturated rings. The van der Waals surface area contributed by atoms with Gasteiger partial charge in [-0.15, -0.1) is 0 Å². The SMILES string of the molecule is Cc1cc(C(C(=O)O)N2CCC(O)CC2)ccc1F. The fraction of sp³-hybridized carbons (Fsp3) is 0.500. The van der Waals surface area contributed by atoms with E-state index in [2.05, 4.69) is 0 Å². The summed E-state index contributed by atoms with van der Waals surface area (Å²) in [6.45, 7) is 2.70. The molecule has 0 amide bonds. The predicted octanol–water partition coefficient (Wildman–Crippen LogP) is 1.72. The van der Waals surface area contributed by atoms with Gasteiger partial charge in [0.1, 0.15) is 11.9 Å². The van der Waals surface area contributed by atoms with Crippen LogP contribution in [0.4, 0.5) is 4.39 Å². The Morgan fingerprint density at radius 3 is 2.58 bits per heavy atom. The van der Waals surface area contributed by atoms with Crippen molar-refractivity contribution in [2.24, 2.45) is 0 Å². The highest BCUT2D eigenvalue weighted by molar-refractivity contribution is 5.75. The summed E-state index contributed by atoms with van der Waals surface area (Å²) in [6, 6.07) is 3.64. The van der Waals surface area contributed by atoms with E-state index in [4.69, 9.17) is 0 Å². The highest BCUT2D eigenvalue weighted by atomic mass is 19.1. The van der Waals surface area contributed by atoms with Gasteiger partial charge < -0.3 is 10.2 Å². The van der Waals surface area contributed by atoms with Crippen LogP contribution in [0.25, 0.3) is 0 Å². The first-order chi connectivity index (χ1) is 8.99. The number of rotatable bonds is 3. The molecule has 1 aromatic carbocycles. The Bertz CT molecular complexity index is 470. The minimum absolute atomic E-state index is 0.332. The third kappa shape index (κ3) is 3.11. The number of aliphatic hydroxyl groups is 1. The second-order valence-electron chi connectivity index (χ2n) is 5.02. The molecule has 0 bridgehead atoms. The van der Waals surface area contributed by atoms with Crippen LogP contribution >= 0.6 is 0 Å². The van der Waals surface area contributed by atoms with Crippen molar-refractivity contribution in [2.75, 3.05) is 13.1 Å². The monoisotopic (exact) mass is 267 g/mol. The van der Waals surface area contributed by atoms with Gasteiger partial charge in [0.05, 0.1) is 6.10 Å². The minimum Gasteiger partial charge on any atom is -0.480 e. The van der Waals surface area contributed by atoms with Crippen LogP contribution in [-0.2, 0) is 4.79 Å². The summed E-state index contributed by atoms with van der Waals surface area (Å²) in [5.74, 6) is -1.27. The number of carbonyl (C=O) groups is 1. The molecule has 1 aromatic rings. The zero-order chi connectivity index (χ0) is 14.0. The Labute approximate surface area is 111 Å².